The molecule has 0 saturated carbocycles. The van der Waals surface area contributed by atoms with E-state index >= 15 is 0 Å². The number of fused-ring (bicyclic) bond motifs is 9. The third kappa shape index (κ3) is 4.14. The summed E-state index contributed by atoms with van der Waals surface area (Å²) in [5.41, 5.74) is 9.09. The van der Waals surface area contributed by atoms with Crippen LogP contribution < -0.4 is 4.90 Å². The number of anilines is 3. The largest absolute Gasteiger partial charge is 0.456 e. The average Bonchev–Trinajstić information content (AvgIpc) is 3.67. The molecule has 220 valence electrons. The van der Waals surface area contributed by atoms with E-state index in [-0.39, 0.29) is 0 Å². The molecular formula is C44H27NO2. The SMILES string of the molecule is c1ccc(-c2cccc(N(c3ccccc3)c3ccc4cc5c(cc4c3)oc3ccc4c6cc7ccccc7cc6oc4c35)c2)cc1. The molecule has 0 fully saturated rings. The lowest BCUT2D eigenvalue weighted by atomic mass is 10.0. The van der Waals surface area contributed by atoms with E-state index in [2.05, 4.69) is 169 Å². The van der Waals surface area contributed by atoms with E-state index < -0.39 is 0 Å². The predicted molar refractivity (Wildman–Crippen MR) is 196 cm³/mol. The minimum atomic E-state index is 0.829. The topological polar surface area (TPSA) is 29.5 Å². The molecule has 0 aliphatic carbocycles. The molecule has 0 aliphatic heterocycles. The van der Waals surface area contributed by atoms with E-state index in [4.69, 9.17) is 8.83 Å². The number of furan rings is 2. The lowest BCUT2D eigenvalue weighted by Crippen LogP contribution is -2.09. The van der Waals surface area contributed by atoms with Crippen molar-refractivity contribution in [1.82, 2.24) is 0 Å². The van der Waals surface area contributed by atoms with Gasteiger partial charge in [0.2, 0.25) is 0 Å². The Morgan fingerprint density at radius 1 is 0.340 bits per heavy atom. The van der Waals surface area contributed by atoms with Crippen LogP contribution in [-0.2, 0) is 0 Å². The number of para-hydroxylation sites is 1. The van der Waals surface area contributed by atoms with E-state index in [9.17, 15) is 0 Å². The van der Waals surface area contributed by atoms with Gasteiger partial charge in [0.05, 0.1) is 5.39 Å². The molecule has 0 unspecified atom stereocenters. The van der Waals surface area contributed by atoms with Gasteiger partial charge < -0.3 is 13.7 Å². The zero-order chi connectivity index (χ0) is 30.9. The number of rotatable bonds is 4. The highest BCUT2D eigenvalue weighted by atomic mass is 16.3. The van der Waals surface area contributed by atoms with Crippen molar-refractivity contribution in [2.24, 2.45) is 0 Å². The van der Waals surface area contributed by atoms with Crippen molar-refractivity contribution in [2.75, 3.05) is 4.90 Å². The van der Waals surface area contributed by atoms with Crippen LogP contribution in [0.25, 0.3) is 76.5 Å². The summed E-state index contributed by atoms with van der Waals surface area (Å²) in [6.45, 7) is 0. The lowest BCUT2D eigenvalue weighted by molar-refractivity contribution is 0.663. The third-order valence-corrected chi connectivity index (χ3v) is 9.37. The van der Waals surface area contributed by atoms with Gasteiger partial charge in [0, 0.05) is 33.2 Å². The molecule has 0 N–H and O–H groups in total. The fourth-order valence-electron chi connectivity index (χ4n) is 7.13. The van der Waals surface area contributed by atoms with Crippen LogP contribution >= 0.6 is 0 Å². The first-order chi connectivity index (χ1) is 23.3. The summed E-state index contributed by atoms with van der Waals surface area (Å²) in [5, 5.41) is 8.95. The third-order valence-electron chi connectivity index (χ3n) is 9.37. The van der Waals surface area contributed by atoms with Crippen LogP contribution in [0.1, 0.15) is 0 Å². The highest BCUT2D eigenvalue weighted by Crippen LogP contribution is 2.43. The molecule has 0 bridgehead atoms. The number of benzene rings is 8. The molecule has 0 atom stereocenters. The smallest absolute Gasteiger partial charge is 0.147 e. The van der Waals surface area contributed by atoms with Crippen LogP contribution in [0.5, 0.6) is 0 Å². The lowest BCUT2D eigenvalue weighted by Gasteiger charge is -2.26. The molecule has 0 aliphatic rings. The van der Waals surface area contributed by atoms with Gasteiger partial charge >= 0.3 is 0 Å². The van der Waals surface area contributed by atoms with Gasteiger partial charge in [-0.1, -0.05) is 91.0 Å². The zero-order valence-electron chi connectivity index (χ0n) is 25.4. The summed E-state index contributed by atoms with van der Waals surface area (Å²) in [6.07, 6.45) is 0. The molecular weight excluding hydrogens is 574 g/mol. The Labute approximate surface area is 270 Å². The Bertz CT molecular complexity index is 2790. The van der Waals surface area contributed by atoms with Crippen LogP contribution in [0.2, 0.25) is 0 Å². The second-order valence-electron chi connectivity index (χ2n) is 12.2. The van der Waals surface area contributed by atoms with Crippen molar-refractivity contribution < 1.29 is 8.83 Å². The van der Waals surface area contributed by atoms with Crippen molar-refractivity contribution in [2.45, 2.75) is 0 Å². The Kier molecular flexibility index (Phi) is 5.57. The number of nitrogens with zero attached hydrogens (tertiary/aromatic N) is 1. The first kappa shape index (κ1) is 26.0. The Hall–Kier alpha value is -6.32. The molecule has 2 heterocycles. The quantitative estimate of drug-likeness (QED) is 0.201. The number of hydrogen-bond acceptors (Lipinski definition) is 3. The monoisotopic (exact) mass is 601 g/mol. The van der Waals surface area contributed by atoms with Crippen LogP contribution in [0, 0.1) is 0 Å². The van der Waals surface area contributed by atoms with Crippen molar-refractivity contribution in [3.05, 3.63) is 164 Å². The second-order valence-corrected chi connectivity index (χ2v) is 12.2. The van der Waals surface area contributed by atoms with Gasteiger partial charge in [-0.15, -0.1) is 0 Å². The van der Waals surface area contributed by atoms with Crippen LogP contribution in [-0.4, -0.2) is 0 Å². The van der Waals surface area contributed by atoms with Crippen molar-refractivity contribution in [3.8, 4) is 11.1 Å². The Morgan fingerprint density at radius 2 is 0.979 bits per heavy atom. The van der Waals surface area contributed by atoms with E-state index in [1.807, 2.05) is 0 Å². The molecule has 47 heavy (non-hydrogen) atoms. The Morgan fingerprint density at radius 3 is 1.83 bits per heavy atom. The maximum atomic E-state index is 6.58. The molecule has 2 aromatic heterocycles. The molecule has 10 aromatic rings. The van der Waals surface area contributed by atoms with Crippen LogP contribution in [0.3, 0.4) is 0 Å². The molecule has 3 nitrogen and oxygen atoms in total. The van der Waals surface area contributed by atoms with Gasteiger partial charge in [-0.3, -0.25) is 0 Å². The number of hydrogen-bond donors (Lipinski definition) is 0. The fraction of sp³-hybridized carbons (Fsp3) is 0. The standard InChI is InChI=1S/C44H27NO2/c1-3-10-28(11-4-1)29-14-9-17-35(22-29)45(34-15-5-2-6-16-34)36-19-18-32-25-39-42(27-33(32)23-36)46-40-21-20-37-38-24-30-12-7-8-13-31(30)26-41(38)47-44(37)43(39)40/h1-27H. The normalized spacial score (nSPS) is 11.8. The highest BCUT2D eigenvalue weighted by molar-refractivity contribution is 6.24. The average molecular weight is 602 g/mol. The van der Waals surface area contributed by atoms with Gasteiger partial charge in [-0.25, -0.2) is 0 Å². The first-order valence-corrected chi connectivity index (χ1v) is 15.9. The Balaban J connectivity index is 1.15. The molecule has 8 aromatic carbocycles. The van der Waals surface area contributed by atoms with Crippen LogP contribution in [0.4, 0.5) is 17.1 Å². The van der Waals surface area contributed by atoms with E-state index in [0.29, 0.717) is 0 Å². The minimum absolute atomic E-state index is 0.829. The molecule has 10 rings (SSSR count). The van der Waals surface area contributed by atoms with Gasteiger partial charge in [0.15, 0.2) is 0 Å². The summed E-state index contributed by atoms with van der Waals surface area (Å²) >= 11 is 0. The maximum absolute atomic E-state index is 6.58. The van der Waals surface area contributed by atoms with Gasteiger partial charge in [-0.2, -0.15) is 0 Å². The summed E-state index contributed by atoms with van der Waals surface area (Å²) in [4.78, 5) is 2.32. The molecule has 0 radical (unpaired) electrons. The zero-order valence-corrected chi connectivity index (χ0v) is 25.4. The van der Waals surface area contributed by atoms with Crippen molar-refractivity contribution in [3.63, 3.8) is 0 Å². The van der Waals surface area contributed by atoms with Crippen LogP contribution in [0.15, 0.2) is 173 Å². The second kappa shape index (κ2) is 10.1. The maximum Gasteiger partial charge on any atom is 0.147 e. The van der Waals surface area contributed by atoms with Gasteiger partial charge in [-0.05, 0) is 105 Å². The van der Waals surface area contributed by atoms with E-state index in [0.717, 1.165) is 71.7 Å². The summed E-state index contributed by atoms with van der Waals surface area (Å²) in [6, 6.07) is 57.9. The van der Waals surface area contributed by atoms with Gasteiger partial charge in [0.25, 0.3) is 0 Å². The molecule has 3 heteroatoms. The van der Waals surface area contributed by atoms with E-state index in [1.165, 1.54) is 21.9 Å². The van der Waals surface area contributed by atoms with Gasteiger partial charge in [0.1, 0.15) is 22.3 Å². The van der Waals surface area contributed by atoms with E-state index in [1.54, 1.807) is 0 Å². The summed E-state index contributed by atoms with van der Waals surface area (Å²) in [5.74, 6) is 0. The molecule has 0 spiro atoms. The van der Waals surface area contributed by atoms with Crippen molar-refractivity contribution >= 4 is 82.5 Å². The molecule has 0 amide bonds. The predicted octanol–water partition coefficient (Wildman–Crippen LogP) is 12.9. The summed E-state index contributed by atoms with van der Waals surface area (Å²) in [7, 11) is 0. The first-order valence-electron chi connectivity index (χ1n) is 15.9. The fourth-order valence-corrected chi connectivity index (χ4v) is 7.13. The minimum Gasteiger partial charge on any atom is -0.456 e. The highest BCUT2D eigenvalue weighted by Gasteiger charge is 2.19. The summed E-state index contributed by atoms with van der Waals surface area (Å²) < 4.78 is 13.1. The molecule has 0 saturated heterocycles. The van der Waals surface area contributed by atoms with Crippen molar-refractivity contribution in [1.29, 1.82) is 0 Å².